The number of carbonyl (C=O) groups excluding carboxylic acids is 2. The van der Waals surface area contributed by atoms with Crippen LogP contribution in [0.5, 0.6) is 0 Å². The van der Waals surface area contributed by atoms with Crippen LogP contribution in [-0.2, 0) is 4.74 Å². The average Bonchev–Trinajstić information content (AvgIpc) is 2.67. The number of amides is 2. The van der Waals surface area contributed by atoms with Crippen molar-refractivity contribution in [2.45, 2.75) is 39.3 Å². The number of benzene rings is 1. The summed E-state index contributed by atoms with van der Waals surface area (Å²) in [5, 5.41) is 7.01. The number of hydrogen-bond acceptors (Lipinski definition) is 6. The van der Waals surface area contributed by atoms with Gasteiger partial charge >= 0.3 is 6.09 Å². The number of halogens is 1. The second kappa shape index (κ2) is 10.4. The van der Waals surface area contributed by atoms with Crippen LogP contribution in [0.25, 0.3) is 0 Å². The molecule has 0 aliphatic heterocycles. The number of aromatic nitrogens is 1. The van der Waals surface area contributed by atoms with Gasteiger partial charge in [0.25, 0.3) is 5.91 Å². The minimum absolute atomic E-state index is 0.178. The van der Waals surface area contributed by atoms with E-state index in [1.54, 1.807) is 32.9 Å². The van der Waals surface area contributed by atoms with E-state index in [9.17, 15) is 9.59 Å². The first-order chi connectivity index (χ1) is 14.0. The lowest BCUT2D eigenvalue weighted by atomic mass is 10.1. The topological polar surface area (TPSA) is 110 Å². The van der Waals surface area contributed by atoms with E-state index in [2.05, 4.69) is 31.5 Å². The predicted molar refractivity (Wildman–Crippen MR) is 120 cm³/mol. The molecule has 0 unspecified atom stereocenters. The summed E-state index contributed by atoms with van der Waals surface area (Å²) in [6.45, 7) is 7.91. The van der Waals surface area contributed by atoms with Gasteiger partial charge < -0.3 is 20.4 Å². The van der Waals surface area contributed by atoms with Gasteiger partial charge in [-0.3, -0.25) is 9.78 Å². The Morgan fingerprint density at radius 1 is 1.23 bits per heavy atom. The fourth-order valence-electron chi connectivity index (χ4n) is 2.55. The van der Waals surface area contributed by atoms with Crippen molar-refractivity contribution in [3.05, 3.63) is 58.3 Å². The summed E-state index contributed by atoms with van der Waals surface area (Å²) >= 11 is 3.40. The summed E-state index contributed by atoms with van der Waals surface area (Å²) in [6.07, 6.45) is 1.02. The summed E-state index contributed by atoms with van der Waals surface area (Å²) in [6, 6.07) is 10.9. The molecule has 0 saturated carbocycles. The molecule has 2 amide bonds. The Bertz CT molecular complexity index is 868. The molecule has 1 atom stereocenters. The maximum absolute atomic E-state index is 12.6. The number of carbonyl (C=O) groups is 2. The van der Waals surface area contributed by atoms with E-state index >= 15 is 0 Å². The Kier molecular flexibility index (Phi) is 8.19. The summed E-state index contributed by atoms with van der Waals surface area (Å²) in [7, 11) is 0. The van der Waals surface area contributed by atoms with Crippen molar-refractivity contribution in [1.29, 1.82) is 0 Å². The molecule has 8 nitrogen and oxygen atoms in total. The molecule has 0 saturated heterocycles. The first-order valence-corrected chi connectivity index (χ1v) is 10.4. The fourth-order valence-corrected chi connectivity index (χ4v) is 2.81. The van der Waals surface area contributed by atoms with Gasteiger partial charge in [-0.1, -0.05) is 28.1 Å². The molecule has 2 aromatic rings. The Morgan fingerprint density at radius 2 is 1.90 bits per heavy atom. The van der Waals surface area contributed by atoms with E-state index in [4.69, 9.17) is 10.6 Å². The van der Waals surface area contributed by atoms with Gasteiger partial charge in [0.1, 0.15) is 11.3 Å². The normalized spacial score (nSPS) is 12.1. The molecule has 1 heterocycles. The molecule has 1 aromatic heterocycles. The molecule has 0 aliphatic carbocycles. The summed E-state index contributed by atoms with van der Waals surface area (Å²) < 4.78 is 6.16. The number of alkyl carbamates (subject to hydrolysis) is 1. The third-order valence-corrected chi connectivity index (χ3v) is 4.58. The van der Waals surface area contributed by atoms with Gasteiger partial charge in [-0.15, -0.1) is 0 Å². The Hall–Kier alpha value is -2.65. The highest BCUT2D eigenvalue weighted by Gasteiger charge is 2.16. The van der Waals surface area contributed by atoms with Crippen LogP contribution in [0.3, 0.4) is 0 Å². The standard InChI is InChI=1S/C21H28BrN5O3/c1-14(15-5-7-16(22)8-6-15)26-19(28)18-13-17(9-10-24-18)27(23)12-11-25-20(29)30-21(2,3)4/h5-10,13-14H,11-12,23H2,1-4H3,(H,25,29)(H,26,28)/t14-/m1/s1. The maximum Gasteiger partial charge on any atom is 0.407 e. The van der Waals surface area contributed by atoms with Crippen molar-refractivity contribution in [2.24, 2.45) is 5.84 Å². The lowest BCUT2D eigenvalue weighted by molar-refractivity contribution is 0.0529. The molecular formula is C21H28BrN5O3. The number of anilines is 1. The minimum Gasteiger partial charge on any atom is -0.444 e. The molecule has 0 fully saturated rings. The van der Waals surface area contributed by atoms with Gasteiger partial charge in [0.05, 0.1) is 18.3 Å². The summed E-state index contributed by atoms with van der Waals surface area (Å²) in [4.78, 5) is 28.4. The van der Waals surface area contributed by atoms with Gasteiger partial charge in [0.2, 0.25) is 0 Å². The molecule has 30 heavy (non-hydrogen) atoms. The average molecular weight is 478 g/mol. The molecule has 0 spiro atoms. The number of nitrogens with two attached hydrogens (primary N) is 1. The van der Waals surface area contributed by atoms with Gasteiger partial charge in [0.15, 0.2) is 0 Å². The maximum atomic E-state index is 12.6. The minimum atomic E-state index is -0.562. The van der Waals surface area contributed by atoms with Crippen LogP contribution in [-0.4, -0.2) is 35.7 Å². The highest BCUT2D eigenvalue weighted by molar-refractivity contribution is 9.10. The van der Waals surface area contributed by atoms with Gasteiger partial charge in [-0.2, -0.15) is 0 Å². The van der Waals surface area contributed by atoms with E-state index < -0.39 is 11.7 Å². The van der Waals surface area contributed by atoms with E-state index in [1.807, 2.05) is 31.2 Å². The van der Waals surface area contributed by atoms with Gasteiger partial charge in [-0.05, 0) is 57.5 Å². The van der Waals surface area contributed by atoms with Crippen LogP contribution in [0.2, 0.25) is 0 Å². The van der Waals surface area contributed by atoms with Crippen LogP contribution < -0.4 is 21.5 Å². The number of hydrogen-bond donors (Lipinski definition) is 3. The quantitative estimate of drug-likeness (QED) is 0.415. The van der Waals surface area contributed by atoms with Crippen molar-refractivity contribution in [3.8, 4) is 0 Å². The first-order valence-electron chi connectivity index (χ1n) is 9.56. The predicted octanol–water partition coefficient (Wildman–Crippen LogP) is 3.54. The lowest BCUT2D eigenvalue weighted by Gasteiger charge is -2.22. The Labute approximate surface area is 185 Å². The number of hydrazine groups is 1. The molecule has 9 heteroatoms. The molecule has 0 radical (unpaired) electrons. The Balaban J connectivity index is 1.92. The first kappa shape index (κ1) is 23.6. The lowest BCUT2D eigenvalue weighted by Crippen LogP contribution is -2.41. The third-order valence-electron chi connectivity index (χ3n) is 4.05. The number of pyridine rings is 1. The highest BCUT2D eigenvalue weighted by atomic mass is 79.9. The summed E-state index contributed by atoms with van der Waals surface area (Å²) in [5.74, 6) is 5.76. The molecule has 4 N–H and O–H groups in total. The van der Waals surface area contributed by atoms with Crippen LogP contribution >= 0.6 is 15.9 Å². The van der Waals surface area contributed by atoms with Crippen molar-refractivity contribution in [3.63, 3.8) is 0 Å². The van der Waals surface area contributed by atoms with E-state index in [0.29, 0.717) is 12.2 Å². The van der Waals surface area contributed by atoms with Crippen molar-refractivity contribution in [2.75, 3.05) is 18.1 Å². The SMILES string of the molecule is C[C@@H](NC(=O)c1cc(N(N)CCNC(=O)OC(C)(C)C)ccn1)c1ccc(Br)cc1. The molecular weight excluding hydrogens is 450 g/mol. The fraction of sp³-hybridized carbons (Fsp3) is 0.381. The smallest absolute Gasteiger partial charge is 0.407 e. The van der Waals surface area contributed by atoms with Crippen molar-refractivity contribution in [1.82, 2.24) is 15.6 Å². The summed E-state index contributed by atoms with van der Waals surface area (Å²) in [5.41, 5.74) is 1.29. The second-order valence-corrected chi connectivity index (χ2v) is 8.68. The number of rotatable bonds is 7. The molecule has 2 rings (SSSR count). The monoisotopic (exact) mass is 477 g/mol. The van der Waals surface area contributed by atoms with Crippen LogP contribution in [0.1, 0.15) is 49.8 Å². The van der Waals surface area contributed by atoms with E-state index in [-0.39, 0.29) is 24.2 Å². The zero-order chi connectivity index (χ0) is 22.3. The van der Waals surface area contributed by atoms with Crippen molar-refractivity contribution < 1.29 is 14.3 Å². The highest BCUT2D eigenvalue weighted by Crippen LogP contribution is 2.17. The number of ether oxygens (including phenoxy) is 1. The Morgan fingerprint density at radius 3 is 2.53 bits per heavy atom. The number of nitrogens with one attached hydrogen (secondary N) is 2. The molecule has 162 valence electrons. The zero-order valence-corrected chi connectivity index (χ0v) is 19.2. The van der Waals surface area contributed by atoms with Crippen LogP contribution in [0.15, 0.2) is 47.1 Å². The van der Waals surface area contributed by atoms with Crippen LogP contribution in [0, 0.1) is 0 Å². The zero-order valence-electron chi connectivity index (χ0n) is 17.6. The van der Waals surface area contributed by atoms with E-state index in [0.717, 1.165) is 10.0 Å². The van der Waals surface area contributed by atoms with Gasteiger partial charge in [0, 0.05) is 17.2 Å². The second-order valence-electron chi connectivity index (χ2n) is 7.77. The molecule has 0 aliphatic rings. The largest absolute Gasteiger partial charge is 0.444 e. The van der Waals surface area contributed by atoms with Crippen molar-refractivity contribution >= 4 is 33.6 Å². The third kappa shape index (κ3) is 7.64. The molecule has 0 bridgehead atoms. The number of nitrogens with zero attached hydrogens (tertiary/aromatic N) is 2. The molecule has 1 aromatic carbocycles. The van der Waals surface area contributed by atoms with Crippen LogP contribution in [0.4, 0.5) is 10.5 Å². The van der Waals surface area contributed by atoms with Gasteiger partial charge in [-0.25, -0.2) is 10.6 Å². The van der Waals surface area contributed by atoms with E-state index in [1.165, 1.54) is 11.2 Å².